The molecular weight excluding hydrogens is 220 g/mol. The zero-order valence-electron chi connectivity index (χ0n) is 10.8. The Bertz CT molecular complexity index is 258. The fourth-order valence-electron chi connectivity index (χ4n) is 1.06. The Morgan fingerprint density at radius 3 is 2.29 bits per heavy atom. The molecule has 0 unspecified atom stereocenters. The third kappa shape index (κ3) is 9.60. The van der Waals surface area contributed by atoms with E-state index >= 15 is 0 Å². The summed E-state index contributed by atoms with van der Waals surface area (Å²) in [4.78, 5) is 22.2. The first-order valence-electron chi connectivity index (χ1n) is 6.06. The number of hydrogen-bond acceptors (Lipinski definition) is 4. The van der Waals surface area contributed by atoms with E-state index in [0.717, 1.165) is 12.8 Å². The highest BCUT2D eigenvalue weighted by atomic mass is 16.5. The highest BCUT2D eigenvalue weighted by molar-refractivity contribution is 5.86. The van der Waals surface area contributed by atoms with Crippen molar-refractivity contribution in [2.45, 2.75) is 46.0 Å². The predicted octanol–water partition coefficient (Wildman–Crippen LogP) is 2.62. The maximum Gasteiger partial charge on any atom is 0.333 e. The number of ether oxygens (including phenoxy) is 2. The summed E-state index contributed by atoms with van der Waals surface area (Å²) in [6.45, 7) is 7.95. The first kappa shape index (κ1) is 15.7. The van der Waals surface area contributed by atoms with E-state index in [2.05, 4.69) is 6.58 Å². The normalized spacial score (nSPS) is 9.76. The van der Waals surface area contributed by atoms with Crippen molar-refractivity contribution in [3.63, 3.8) is 0 Å². The van der Waals surface area contributed by atoms with Crippen LogP contribution in [0.4, 0.5) is 0 Å². The van der Waals surface area contributed by atoms with Gasteiger partial charge < -0.3 is 9.47 Å². The molecule has 0 amide bonds. The molecule has 0 rings (SSSR count). The molecule has 0 saturated carbocycles. The van der Waals surface area contributed by atoms with Gasteiger partial charge in [-0.05, 0) is 26.2 Å². The van der Waals surface area contributed by atoms with Crippen molar-refractivity contribution in [3.8, 4) is 0 Å². The van der Waals surface area contributed by atoms with E-state index in [9.17, 15) is 9.59 Å². The van der Waals surface area contributed by atoms with Crippen molar-refractivity contribution in [2.75, 3.05) is 13.2 Å². The van der Waals surface area contributed by atoms with Crippen LogP contribution in [0.15, 0.2) is 12.2 Å². The standard InChI is InChI=1S/C13H22O4/c1-4-5-9-16-12(14)8-6-7-10-17-13(15)11(2)3/h2,4-10H2,1,3H3. The average molecular weight is 242 g/mol. The maximum atomic E-state index is 11.2. The highest BCUT2D eigenvalue weighted by Gasteiger charge is 2.04. The van der Waals surface area contributed by atoms with Gasteiger partial charge in [0.05, 0.1) is 13.2 Å². The Morgan fingerprint density at radius 2 is 1.71 bits per heavy atom. The topological polar surface area (TPSA) is 52.6 Å². The highest BCUT2D eigenvalue weighted by Crippen LogP contribution is 2.01. The van der Waals surface area contributed by atoms with Crippen molar-refractivity contribution in [1.29, 1.82) is 0 Å². The van der Waals surface area contributed by atoms with Crippen LogP contribution in [0.25, 0.3) is 0 Å². The van der Waals surface area contributed by atoms with Crippen molar-refractivity contribution in [1.82, 2.24) is 0 Å². The van der Waals surface area contributed by atoms with Crippen molar-refractivity contribution in [3.05, 3.63) is 12.2 Å². The molecular formula is C13H22O4. The quantitative estimate of drug-likeness (QED) is 0.354. The summed E-state index contributed by atoms with van der Waals surface area (Å²) in [6.07, 6.45) is 3.65. The number of esters is 2. The summed E-state index contributed by atoms with van der Waals surface area (Å²) >= 11 is 0. The number of hydrogen-bond donors (Lipinski definition) is 0. The lowest BCUT2D eigenvalue weighted by Gasteiger charge is -2.05. The second-order valence-corrected chi connectivity index (χ2v) is 3.95. The van der Waals surface area contributed by atoms with Crippen LogP contribution in [0.3, 0.4) is 0 Å². The molecule has 0 spiro atoms. The molecule has 98 valence electrons. The lowest BCUT2D eigenvalue weighted by molar-refractivity contribution is -0.143. The van der Waals surface area contributed by atoms with Crippen LogP contribution in [0.2, 0.25) is 0 Å². The van der Waals surface area contributed by atoms with Crippen molar-refractivity contribution in [2.24, 2.45) is 0 Å². The van der Waals surface area contributed by atoms with E-state index in [1.807, 2.05) is 6.92 Å². The van der Waals surface area contributed by atoms with E-state index in [4.69, 9.17) is 9.47 Å². The van der Waals surface area contributed by atoms with Crippen LogP contribution in [-0.4, -0.2) is 25.2 Å². The second kappa shape index (κ2) is 9.87. The van der Waals surface area contributed by atoms with Gasteiger partial charge in [0.25, 0.3) is 0 Å². The van der Waals surface area contributed by atoms with E-state index in [-0.39, 0.29) is 11.9 Å². The third-order valence-electron chi connectivity index (χ3n) is 2.12. The SMILES string of the molecule is C=C(C)C(=O)OCCCCC(=O)OCCCC. The van der Waals surface area contributed by atoms with Crippen molar-refractivity contribution < 1.29 is 19.1 Å². The Hall–Kier alpha value is -1.32. The molecule has 17 heavy (non-hydrogen) atoms. The summed E-state index contributed by atoms with van der Waals surface area (Å²) in [5, 5.41) is 0. The summed E-state index contributed by atoms with van der Waals surface area (Å²) in [5.41, 5.74) is 0.393. The molecule has 4 heteroatoms. The lowest BCUT2D eigenvalue weighted by atomic mass is 10.2. The predicted molar refractivity (Wildman–Crippen MR) is 65.5 cm³/mol. The molecule has 0 radical (unpaired) electrons. The molecule has 0 aliphatic carbocycles. The maximum absolute atomic E-state index is 11.2. The van der Waals surface area contributed by atoms with Gasteiger partial charge >= 0.3 is 11.9 Å². The van der Waals surface area contributed by atoms with Gasteiger partial charge in [-0.15, -0.1) is 0 Å². The third-order valence-corrected chi connectivity index (χ3v) is 2.12. The molecule has 0 fully saturated rings. The Morgan fingerprint density at radius 1 is 1.06 bits per heavy atom. The van der Waals surface area contributed by atoms with E-state index in [0.29, 0.717) is 38.0 Å². The summed E-state index contributed by atoms with van der Waals surface area (Å²) < 4.78 is 9.88. The first-order valence-corrected chi connectivity index (χ1v) is 6.06. The number of unbranched alkanes of at least 4 members (excludes halogenated alkanes) is 2. The summed E-state index contributed by atoms with van der Waals surface area (Å²) in [6, 6.07) is 0. The number of carbonyl (C=O) groups excluding carboxylic acids is 2. The number of rotatable bonds is 9. The van der Waals surface area contributed by atoms with Crippen LogP contribution in [0.5, 0.6) is 0 Å². The smallest absolute Gasteiger partial charge is 0.333 e. The van der Waals surface area contributed by atoms with Crippen LogP contribution in [0.1, 0.15) is 46.0 Å². The van der Waals surface area contributed by atoms with Gasteiger partial charge in [0, 0.05) is 12.0 Å². The molecule has 0 N–H and O–H groups in total. The van der Waals surface area contributed by atoms with Gasteiger partial charge in [-0.3, -0.25) is 4.79 Å². The Balaban J connectivity index is 3.36. The van der Waals surface area contributed by atoms with Crippen LogP contribution < -0.4 is 0 Å². The minimum atomic E-state index is -0.379. The lowest BCUT2D eigenvalue weighted by Crippen LogP contribution is -2.08. The van der Waals surface area contributed by atoms with Gasteiger partial charge in [0.1, 0.15) is 0 Å². The Kier molecular flexibility index (Phi) is 9.11. The molecule has 0 bridgehead atoms. The second-order valence-electron chi connectivity index (χ2n) is 3.95. The van der Waals surface area contributed by atoms with Gasteiger partial charge in [-0.2, -0.15) is 0 Å². The zero-order chi connectivity index (χ0) is 13.1. The first-order chi connectivity index (χ1) is 8.07. The molecule has 0 saturated heterocycles. The van der Waals surface area contributed by atoms with E-state index in [1.165, 1.54) is 0 Å². The molecule has 0 atom stereocenters. The van der Waals surface area contributed by atoms with Gasteiger partial charge in [-0.1, -0.05) is 19.9 Å². The fourth-order valence-corrected chi connectivity index (χ4v) is 1.06. The molecule has 0 aromatic heterocycles. The van der Waals surface area contributed by atoms with Crippen LogP contribution in [-0.2, 0) is 19.1 Å². The molecule has 0 aromatic carbocycles. The minimum Gasteiger partial charge on any atom is -0.466 e. The average Bonchev–Trinajstić information content (AvgIpc) is 2.28. The van der Waals surface area contributed by atoms with Crippen LogP contribution in [0, 0.1) is 0 Å². The molecule has 0 aromatic rings. The number of carbonyl (C=O) groups is 2. The van der Waals surface area contributed by atoms with Gasteiger partial charge in [0.2, 0.25) is 0 Å². The van der Waals surface area contributed by atoms with E-state index in [1.54, 1.807) is 6.92 Å². The molecule has 4 nitrogen and oxygen atoms in total. The van der Waals surface area contributed by atoms with Gasteiger partial charge in [-0.25, -0.2) is 4.79 Å². The molecule has 0 aliphatic heterocycles. The van der Waals surface area contributed by atoms with E-state index < -0.39 is 0 Å². The Labute approximate surface area is 103 Å². The van der Waals surface area contributed by atoms with Crippen molar-refractivity contribution >= 4 is 11.9 Å². The summed E-state index contributed by atoms with van der Waals surface area (Å²) in [7, 11) is 0. The monoisotopic (exact) mass is 242 g/mol. The van der Waals surface area contributed by atoms with Gasteiger partial charge in [0.15, 0.2) is 0 Å². The largest absolute Gasteiger partial charge is 0.466 e. The molecule has 0 heterocycles. The zero-order valence-corrected chi connectivity index (χ0v) is 10.8. The summed E-state index contributed by atoms with van der Waals surface area (Å²) in [5.74, 6) is -0.555. The minimum absolute atomic E-state index is 0.176. The fraction of sp³-hybridized carbons (Fsp3) is 0.692. The van der Waals surface area contributed by atoms with Crippen LogP contribution >= 0.6 is 0 Å². The molecule has 0 aliphatic rings.